The van der Waals surface area contributed by atoms with Crippen LogP contribution in [0.3, 0.4) is 0 Å². The van der Waals surface area contributed by atoms with Crippen LogP contribution < -0.4 is 9.62 Å². The van der Waals surface area contributed by atoms with Crippen LogP contribution >= 0.6 is 23.1 Å². The number of anilines is 2. The highest BCUT2D eigenvalue weighted by atomic mass is 35.5. The number of hydrogen-bond donors (Lipinski definition) is 1. The Kier molecular flexibility index (Phi) is 5.36. The lowest BCUT2D eigenvalue weighted by Crippen LogP contribution is -2.35. The molecule has 9 heteroatoms. The number of fused-ring (bicyclic) bond motifs is 2. The molecule has 0 fully saturated rings. The Balaban J connectivity index is 1.42. The van der Waals surface area contributed by atoms with Crippen LogP contribution in [0.1, 0.15) is 22.3 Å². The number of sulfonamides is 1. The van der Waals surface area contributed by atoms with Gasteiger partial charge < -0.3 is 5.32 Å². The summed E-state index contributed by atoms with van der Waals surface area (Å²) in [4.78, 5) is 13.0. The third kappa shape index (κ3) is 3.85. The molecule has 0 atom stereocenters. The van der Waals surface area contributed by atoms with E-state index in [0.717, 1.165) is 15.6 Å². The Hall–Kier alpha value is -2.94. The maximum Gasteiger partial charge on any atom is 0.264 e. The normalized spacial score (nSPS) is 13.7. The van der Waals surface area contributed by atoms with Gasteiger partial charge in [0.15, 0.2) is 0 Å². The summed E-state index contributed by atoms with van der Waals surface area (Å²) in [6, 6.07) is 17.0. The summed E-state index contributed by atoms with van der Waals surface area (Å²) in [6.07, 6.45) is 3.15. The molecule has 0 saturated heterocycles. The maximum absolute atomic E-state index is 13.2. The predicted octanol–water partition coefficient (Wildman–Crippen LogP) is 5.34. The summed E-state index contributed by atoms with van der Waals surface area (Å²) < 4.78 is 33.0. The monoisotopic (exact) mass is 483 g/mol. The fourth-order valence-electron chi connectivity index (χ4n) is 3.84. The zero-order valence-electron chi connectivity index (χ0n) is 16.8. The molecule has 0 saturated carbocycles. The zero-order chi connectivity index (χ0) is 22.3. The molecule has 0 radical (unpaired) electrons. The quantitative estimate of drug-likeness (QED) is 0.424. The number of nitrogens with one attached hydrogen (secondary N) is 1. The van der Waals surface area contributed by atoms with Crippen molar-refractivity contribution in [3.05, 3.63) is 83.0 Å². The molecule has 0 aliphatic carbocycles. The number of nitrogens with zero attached hydrogens (tertiary/aromatic N) is 2. The highest BCUT2D eigenvalue weighted by Gasteiger charge is 2.29. The number of carbonyl (C=O) groups excluding carboxylic acids is 1. The van der Waals surface area contributed by atoms with Gasteiger partial charge in [-0.05, 0) is 90.6 Å². The van der Waals surface area contributed by atoms with E-state index in [1.54, 1.807) is 36.5 Å². The lowest BCUT2D eigenvalue weighted by atomic mass is 10.0. The topological polar surface area (TPSA) is 79.4 Å². The first-order valence-corrected chi connectivity index (χ1v) is 12.6. The largest absolute Gasteiger partial charge is 0.322 e. The van der Waals surface area contributed by atoms with Crippen molar-refractivity contribution in [3.63, 3.8) is 0 Å². The van der Waals surface area contributed by atoms with Gasteiger partial charge in [-0.25, -0.2) is 8.42 Å². The molecule has 5 rings (SSSR count). The second kappa shape index (κ2) is 8.20. The van der Waals surface area contributed by atoms with Gasteiger partial charge in [-0.2, -0.15) is 4.37 Å². The smallest absolute Gasteiger partial charge is 0.264 e. The molecule has 0 unspecified atom stereocenters. The molecule has 6 nitrogen and oxygen atoms in total. The second-order valence-electron chi connectivity index (χ2n) is 7.51. The van der Waals surface area contributed by atoms with E-state index in [2.05, 4.69) is 9.69 Å². The average Bonchev–Trinajstić information content (AvgIpc) is 3.26. The second-order valence-corrected chi connectivity index (χ2v) is 10.6. The third-order valence-electron chi connectivity index (χ3n) is 5.43. The van der Waals surface area contributed by atoms with Gasteiger partial charge >= 0.3 is 0 Å². The summed E-state index contributed by atoms with van der Waals surface area (Å²) in [5.41, 5.74) is 2.61. The van der Waals surface area contributed by atoms with Crippen molar-refractivity contribution in [2.24, 2.45) is 0 Å². The molecule has 32 heavy (non-hydrogen) atoms. The number of carbonyl (C=O) groups is 1. The molecule has 3 aromatic carbocycles. The molecule has 1 aliphatic rings. The van der Waals surface area contributed by atoms with Crippen LogP contribution in [-0.2, 0) is 16.4 Å². The van der Waals surface area contributed by atoms with Crippen LogP contribution in [0.2, 0.25) is 5.02 Å². The Morgan fingerprint density at radius 2 is 1.88 bits per heavy atom. The van der Waals surface area contributed by atoms with E-state index in [1.165, 1.54) is 28.0 Å². The lowest BCUT2D eigenvalue weighted by molar-refractivity contribution is 0.102. The Labute approximate surface area is 194 Å². The first-order valence-electron chi connectivity index (χ1n) is 9.99. The van der Waals surface area contributed by atoms with E-state index in [1.807, 2.05) is 18.2 Å². The Morgan fingerprint density at radius 3 is 2.69 bits per heavy atom. The van der Waals surface area contributed by atoms with Gasteiger partial charge in [0.2, 0.25) is 0 Å². The van der Waals surface area contributed by atoms with Gasteiger partial charge in [0.1, 0.15) is 0 Å². The van der Waals surface area contributed by atoms with E-state index in [4.69, 9.17) is 11.6 Å². The van der Waals surface area contributed by atoms with Crippen molar-refractivity contribution >= 4 is 60.5 Å². The third-order valence-corrected chi connectivity index (χ3v) is 8.29. The van der Waals surface area contributed by atoms with Gasteiger partial charge in [0.25, 0.3) is 15.9 Å². The van der Waals surface area contributed by atoms with Gasteiger partial charge in [-0.15, -0.1) is 0 Å². The summed E-state index contributed by atoms with van der Waals surface area (Å²) in [6.45, 7) is 0.387. The van der Waals surface area contributed by atoms with Crippen LogP contribution in [-0.4, -0.2) is 25.2 Å². The summed E-state index contributed by atoms with van der Waals surface area (Å²) in [5, 5.41) is 4.37. The number of hydrogen-bond acceptors (Lipinski definition) is 5. The summed E-state index contributed by atoms with van der Waals surface area (Å²) in [5.74, 6) is -0.243. The summed E-state index contributed by atoms with van der Waals surface area (Å²) in [7, 11) is -3.72. The van der Waals surface area contributed by atoms with Crippen molar-refractivity contribution in [3.8, 4) is 0 Å². The highest BCUT2D eigenvalue weighted by Crippen LogP contribution is 2.33. The number of rotatable bonds is 4. The summed E-state index contributed by atoms with van der Waals surface area (Å²) >= 11 is 7.31. The standard InChI is InChI=1S/C23H18ClN3O3S2/c24-18-4-7-20(8-5-18)32(29,30)27-11-1-2-15-12-16(3-9-21(15)27)23(28)26-19-6-10-22-17(13-19)14-25-31-22/h3-10,12-14H,1-2,11H2,(H,26,28). The van der Waals surface area contributed by atoms with Crippen molar-refractivity contribution in [1.29, 1.82) is 0 Å². The molecular formula is C23H18ClN3O3S2. The van der Waals surface area contributed by atoms with E-state index < -0.39 is 10.0 Å². The first-order chi connectivity index (χ1) is 15.4. The minimum absolute atomic E-state index is 0.190. The molecule has 4 aromatic rings. The number of aryl methyl sites for hydroxylation is 1. The molecule has 0 bridgehead atoms. The average molecular weight is 484 g/mol. The van der Waals surface area contributed by atoms with Crippen molar-refractivity contribution in [2.45, 2.75) is 17.7 Å². The lowest BCUT2D eigenvalue weighted by Gasteiger charge is -2.30. The van der Waals surface area contributed by atoms with Crippen LogP contribution in [0, 0.1) is 0 Å². The van der Waals surface area contributed by atoms with Gasteiger partial charge in [-0.3, -0.25) is 9.10 Å². The van der Waals surface area contributed by atoms with E-state index in [0.29, 0.717) is 41.3 Å². The molecule has 162 valence electrons. The van der Waals surface area contributed by atoms with Crippen LogP contribution in [0.4, 0.5) is 11.4 Å². The van der Waals surface area contributed by atoms with Crippen molar-refractivity contribution in [1.82, 2.24) is 4.37 Å². The van der Waals surface area contributed by atoms with Crippen molar-refractivity contribution in [2.75, 3.05) is 16.2 Å². The first kappa shape index (κ1) is 20.9. The van der Waals surface area contributed by atoms with Gasteiger partial charge in [0, 0.05) is 34.4 Å². The molecule has 0 spiro atoms. The van der Waals surface area contributed by atoms with Crippen LogP contribution in [0.5, 0.6) is 0 Å². The molecule has 1 aliphatic heterocycles. The fraction of sp³-hybridized carbons (Fsp3) is 0.130. The molecule has 2 heterocycles. The fourth-order valence-corrected chi connectivity index (χ4v) is 6.13. The molecule has 1 aromatic heterocycles. The molecular weight excluding hydrogens is 466 g/mol. The zero-order valence-corrected chi connectivity index (χ0v) is 19.2. The van der Waals surface area contributed by atoms with Gasteiger partial charge in [-0.1, -0.05) is 11.6 Å². The molecule has 1 amide bonds. The van der Waals surface area contributed by atoms with E-state index in [-0.39, 0.29) is 10.8 Å². The number of benzene rings is 3. The Bertz CT molecular complexity index is 1430. The predicted molar refractivity (Wildman–Crippen MR) is 128 cm³/mol. The van der Waals surface area contributed by atoms with Crippen LogP contribution in [0.25, 0.3) is 10.1 Å². The molecule has 1 N–H and O–H groups in total. The highest BCUT2D eigenvalue weighted by molar-refractivity contribution is 7.92. The minimum Gasteiger partial charge on any atom is -0.322 e. The van der Waals surface area contributed by atoms with Crippen LogP contribution in [0.15, 0.2) is 71.8 Å². The number of amides is 1. The van der Waals surface area contributed by atoms with E-state index >= 15 is 0 Å². The van der Waals surface area contributed by atoms with E-state index in [9.17, 15) is 13.2 Å². The number of halogens is 1. The van der Waals surface area contributed by atoms with Crippen molar-refractivity contribution < 1.29 is 13.2 Å². The maximum atomic E-state index is 13.2. The van der Waals surface area contributed by atoms with Gasteiger partial charge in [0.05, 0.1) is 15.3 Å². The SMILES string of the molecule is O=C(Nc1ccc2sncc2c1)c1ccc2c(c1)CCCN2S(=O)(=O)c1ccc(Cl)cc1. The minimum atomic E-state index is -3.72. The Morgan fingerprint density at radius 1 is 1.06 bits per heavy atom. The number of aromatic nitrogens is 1.